The van der Waals surface area contributed by atoms with Crippen LogP contribution >= 0.6 is 0 Å². The first kappa shape index (κ1) is 12.5. The maximum Gasteiger partial charge on any atom is 0.345 e. The Hall–Kier alpha value is -0.483. The molecule has 0 aliphatic carbocycles. The molecule has 13 heavy (non-hydrogen) atoms. The number of carbonyl (C=O) groups excluding carboxylic acids is 1. The summed E-state index contributed by atoms with van der Waals surface area (Å²) in [6, 6.07) is 0. The Morgan fingerprint density at radius 2 is 1.69 bits per heavy atom. The van der Waals surface area contributed by atoms with Crippen LogP contribution in [0.25, 0.3) is 0 Å². The van der Waals surface area contributed by atoms with E-state index in [2.05, 4.69) is 4.99 Å². The molecular weight excluding hydrogens is 186 g/mol. The van der Waals surface area contributed by atoms with Crippen LogP contribution in [0.1, 0.15) is 27.7 Å². The molecule has 0 rings (SSSR count). The second-order valence-corrected chi connectivity index (χ2v) is 5.00. The highest BCUT2D eigenvalue weighted by atomic mass is 28.3. The zero-order valence-electron chi connectivity index (χ0n) is 8.61. The minimum atomic E-state index is -1.80. The van der Waals surface area contributed by atoms with Crippen LogP contribution < -0.4 is 0 Å². The van der Waals surface area contributed by atoms with E-state index < -0.39 is 9.28 Å². The quantitative estimate of drug-likeness (QED) is 0.366. The van der Waals surface area contributed by atoms with Crippen LogP contribution in [-0.2, 0) is 13.6 Å². The van der Waals surface area contributed by atoms with Gasteiger partial charge in [-0.15, -0.1) is 0 Å². The molecule has 0 heterocycles. The van der Waals surface area contributed by atoms with Crippen LogP contribution in [0.2, 0.25) is 0 Å². The van der Waals surface area contributed by atoms with Crippen molar-refractivity contribution < 1.29 is 13.6 Å². The molecule has 0 bridgehead atoms. The van der Waals surface area contributed by atoms with Gasteiger partial charge in [-0.2, -0.15) is 0 Å². The van der Waals surface area contributed by atoms with E-state index in [1.165, 1.54) is 6.08 Å². The molecule has 0 aromatic carbocycles. The van der Waals surface area contributed by atoms with Crippen molar-refractivity contribution in [1.29, 1.82) is 0 Å². The fourth-order valence-electron chi connectivity index (χ4n) is 0.837. The summed E-state index contributed by atoms with van der Waals surface area (Å²) in [7, 11) is -1.80. The normalized spacial score (nSPS) is 11.0. The fraction of sp³-hybridized carbons (Fsp3) is 0.875. The molecule has 0 unspecified atom stereocenters. The maximum atomic E-state index is 9.90. The summed E-state index contributed by atoms with van der Waals surface area (Å²) in [6.45, 7) is 7.76. The molecule has 0 radical (unpaired) electrons. The van der Waals surface area contributed by atoms with Crippen molar-refractivity contribution in [2.45, 2.75) is 39.9 Å². The van der Waals surface area contributed by atoms with Crippen LogP contribution in [0.4, 0.5) is 0 Å². The zero-order chi connectivity index (χ0) is 10.3. The Kier molecular flexibility index (Phi) is 6.71. The molecule has 0 aliphatic rings. The van der Waals surface area contributed by atoms with Crippen molar-refractivity contribution >= 4 is 15.4 Å². The highest BCUT2D eigenvalue weighted by molar-refractivity contribution is 6.44. The number of hydrogen-bond donors (Lipinski definition) is 0. The Bertz CT molecular complexity index is 168. The van der Waals surface area contributed by atoms with Gasteiger partial charge in [-0.05, 0) is 27.7 Å². The van der Waals surface area contributed by atoms with E-state index in [9.17, 15) is 4.79 Å². The van der Waals surface area contributed by atoms with E-state index in [0.717, 1.165) is 0 Å². The smallest absolute Gasteiger partial charge is 0.345 e. The molecule has 76 valence electrons. The summed E-state index contributed by atoms with van der Waals surface area (Å²) < 4.78 is 11.0. The van der Waals surface area contributed by atoms with Crippen LogP contribution in [0.3, 0.4) is 0 Å². The minimum Gasteiger partial charge on any atom is -0.393 e. The van der Waals surface area contributed by atoms with Crippen molar-refractivity contribution in [3.8, 4) is 0 Å². The lowest BCUT2D eigenvalue weighted by Crippen LogP contribution is -2.32. The second kappa shape index (κ2) is 6.97. The maximum absolute atomic E-state index is 9.90. The minimum absolute atomic E-state index is 0.122. The third kappa shape index (κ3) is 7.86. The third-order valence-corrected chi connectivity index (χ3v) is 3.33. The Balaban J connectivity index is 3.94. The summed E-state index contributed by atoms with van der Waals surface area (Å²) in [6.07, 6.45) is 2.09. The van der Waals surface area contributed by atoms with Crippen LogP contribution in [0.15, 0.2) is 4.99 Å². The molecule has 0 atom stereocenters. The summed E-state index contributed by atoms with van der Waals surface area (Å²) in [4.78, 5) is 13.4. The predicted octanol–water partition coefficient (Wildman–Crippen LogP) is 0.932. The van der Waals surface area contributed by atoms with Gasteiger partial charge in [-0.1, -0.05) is 0 Å². The molecule has 0 saturated carbocycles. The molecule has 0 N–H and O–H groups in total. The van der Waals surface area contributed by atoms with Gasteiger partial charge in [0.15, 0.2) is 0 Å². The van der Waals surface area contributed by atoms with Gasteiger partial charge in [0.25, 0.3) is 0 Å². The van der Waals surface area contributed by atoms with Gasteiger partial charge in [-0.3, -0.25) is 0 Å². The van der Waals surface area contributed by atoms with Gasteiger partial charge in [0.1, 0.15) is 0 Å². The lowest BCUT2D eigenvalue weighted by molar-refractivity contribution is 0.131. The van der Waals surface area contributed by atoms with Gasteiger partial charge in [0.05, 0.1) is 6.17 Å². The Morgan fingerprint density at radius 3 is 2.00 bits per heavy atom. The summed E-state index contributed by atoms with van der Waals surface area (Å²) in [5.74, 6) is 0. The van der Waals surface area contributed by atoms with Gasteiger partial charge >= 0.3 is 9.28 Å². The van der Waals surface area contributed by atoms with Gasteiger partial charge in [0.2, 0.25) is 6.08 Å². The van der Waals surface area contributed by atoms with Gasteiger partial charge < -0.3 is 8.85 Å². The van der Waals surface area contributed by atoms with Crippen molar-refractivity contribution in [2.75, 3.05) is 6.17 Å². The fourth-order valence-corrected chi connectivity index (χ4v) is 2.51. The van der Waals surface area contributed by atoms with Crippen molar-refractivity contribution in [2.24, 2.45) is 4.99 Å². The van der Waals surface area contributed by atoms with E-state index in [4.69, 9.17) is 8.85 Å². The van der Waals surface area contributed by atoms with Crippen LogP contribution in [0, 0.1) is 0 Å². The Morgan fingerprint density at radius 1 is 1.23 bits per heavy atom. The van der Waals surface area contributed by atoms with Gasteiger partial charge in [0, 0.05) is 12.2 Å². The molecule has 0 amide bonds. The molecule has 5 heteroatoms. The lowest BCUT2D eigenvalue weighted by Gasteiger charge is -2.19. The van der Waals surface area contributed by atoms with E-state index in [1.54, 1.807) is 0 Å². The molecule has 0 fully saturated rings. The number of hydrogen-bond acceptors (Lipinski definition) is 4. The summed E-state index contributed by atoms with van der Waals surface area (Å²) >= 11 is 0. The molecule has 0 aromatic rings. The number of isocyanates is 1. The summed E-state index contributed by atoms with van der Waals surface area (Å²) in [5, 5.41) is 0. The molecule has 0 saturated heterocycles. The third-order valence-electron chi connectivity index (χ3n) is 1.15. The molecule has 0 aliphatic heterocycles. The Labute approximate surface area is 80.8 Å². The van der Waals surface area contributed by atoms with Crippen LogP contribution in [-0.4, -0.2) is 33.7 Å². The van der Waals surface area contributed by atoms with Crippen LogP contribution in [0.5, 0.6) is 0 Å². The average Bonchev–Trinajstić information content (AvgIpc) is 1.98. The van der Waals surface area contributed by atoms with E-state index in [1.807, 2.05) is 27.7 Å². The monoisotopic (exact) mass is 203 g/mol. The number of rotatable bonds is 6. The standard InChI is InChI=1S/C8H17NO3Si/c1-7(2)11-13(6-9-5-10)12-8(3)4/h7-8,13H,6H2,1-4H3. The largest absolute Gasteiger partial charge is 0.393 e. The molecule has 0 spiro atoms. The van der Waals surface area contributed by atoms with Crippen molar-refractivity contribution in [3.63, 3.8) is 0 Å². The average molecular weight is 203 g/mol. The number of aliphatic imine (C=N–C) groups is 1. The first-order chi connectivity index (χ1) is 6.06. The number of nitrogens with zero attached hydrogens (tertiary/aromatic N) is 1. The molecular formula is C8H17NO3Si. The van der Waals surface area contributed by atoms with Crippen molar-refractivity contribution in [3.05, 3.63) is 0 Å². The highest BCUT2D eigenvalue weighted by Gasteiger charge is 2.16. The zero-order valence-corrected chi connectivity index (χ0v) is 9.77. The second-order valence-electron chi connectivity index (χ2n) is 3.23. The highest BCUT2D eigenvalue weighted by Crippen LogP contribution is 2.00. The summed E-state index contributed by atoms with van der Waals surface area (Å²) in [5.41, 5.74) is 0. The van der Waals surface area contributed by atoms with Gasteiger partial charge in [-0.25, -0.2) is 9.79 Å². The van der Waals surface area contributed by atoms with E-state index >= 15 is 0 Å². The lowest BCUT2D eigenvalue weighted by atomic mass is 10.5. The van der Waals surface area contributed by atoms with E-state index in [-0.39, 0.29) is 12.2 Å². The topological polar surface area (TPSA) is 47.9 Å². The first-order valence-corrected chi connectivity index (χ1v) is 6.16. The van der Waals surface area contributed by atoms with Crippen molar-refractivity contribution in [1.82, 2.24) is 0 Å². The first-order valence-electron chi connectivity index (χ1n) is 4.40. The molecule has 4 nitrogen and oxygen atoms in total. The van der Waals surface area contributed by atoms with E-state index in [0.29, 0.717) is 6.17 Å². The predicted molar refractivity (Wildman–Crippen MR) is 52.6 cm³/mol. The SMILES string of the molecule is CC(C)O[SiH](CN=C=O)OC(C)C. The molecule has 0 aromatic heterocycles.